The second-order valence-corrected chi connectivity index (χ2v) is 7.18. The molecule has 1 aliphatic heterocycles. The fourth-order valence-electron chi connectivity index (χ4n) is 2.99. The van der Waals surface area contributed by atoms with Crippen molar-refractivity contribution < 1.29 is 19.1 Å². The molecule has 1 saturated heterocycles. The van der Waals surface area contributed by atoms with Crippen LogP contribution in [0.15, 0.2) is 34.8 Å². The molecule has 8 heteroatoms. The highest BCUT2D eigenvalue weighted by molar-refractivity contribution is 9.10. The third-order valence-electron chi connectivity index (χ3n) is 4.37. The van der Waals surface area contributed by atoms with Crippen LogP contribution < -0.4 is 10.2 Å². The Morgan fingerprint density at radius 2 is 2.00 bits per heavy atom. The Morgan fingerprint density at radius 1 is 1.25 bits per heavy atom. The first-order valence-corrected chi connectivity index (χ1v) is 9.87. The standard InChI is InChI=1S/C20H22BrN3O4/c1-3-28-20(26)15-5-6-16(22-13(15)2)19(25)23-17-12-14(21)4-7-18(17)24-8-10-27-11-9-24/h4-7,12H,3,8-11H2,1-2H3,(H,23,25). The fraction of sp³-hybridized carbons (Fsp3) is 0.350. The Morgan fingerprint density at radius 3 is 2.68 bits per heavy atom. The van der Waals surface area contributed by atoms with Crippen molar-refractivity contribution in [3.05, 3.63) is 51.8 Å². The Balaban J connectivity index is 1.82. The summed E-state index contributed by atoms with van der Waals surface area (Å²) < 4.78 is 11.3. The Labute approximate surface area is 172 Å². The number of halogens is 1. The maximum atomic E-state index is 12.8. The van der Waals surface area contributed by atoms with Crippen LogP contribution in [-0.2, 0) is 9.47 Å². The molecule has 1 fully saturated rings. The lowest BCUT2D eigenvalue weighted by molar-refractivity contribution is 0.0524. The van der Waals surface area contributed by atoms with Crippen molar-refractivity contribution in [2.24, 2.45) is 0 Å². The lowest BCUT2D eigenvalue weighted by Crippen LogP contribution is -2.36. The summed E-state index contributed by atoms with van der Waals surface area (Å²) >= 11 is 3.46. The minimum atomic E-state index is -0.443. The van der Waals surface area contributed by atoms with Crippen molar-refractivity contribution in [3.8, 4) is 0 Å². The average molecular weight is 448 g/mol. The van der Waals surface area contributed by atoms with E-state index in [-0.39, 0.29) is 18.2 Å². The molecule has 28 heavy (non-hydrogen) atoms. The van der Waals surface area contributed by atoms with Crippen molar-refractivity contribution in [2.75, 3.05) is 43.1 Å². The Hall–Kier alpha value is -2.45. The van der Waals surface area contributed by atoms with E-state index >= 15 is 0 Å². The van der Waals surface area contributed by atoms with E-state index in [9.17, 15) is 9.59 Å². The normalized spacial score (nSPS) is 13.9. The molecule has 2 aromatic rings. The van der Waals surface area contributed by atoms with Crippen molar-refractivity contribution in [2.45, 2.75) is 13.8 Å². The van der Waals surface area contributed by atoms with Crippen LogP contribution in [0.25, 0.3) is 0 Å². The fourth-order valence-corrected chi connectivity index (χ4v) is 3.35. The highest BCUT2D eigenvalue weighted by Crippen LogP contribution is 2.30. The summed E-state index contributed by atoms with van der Waals surface area (Å²) in [5.74, 6) is -0.785. The van der Waals surface area contributed by atoms with E-state index in [2.05, 4.69) is 31.1 Å². The summed E-state index contributed by atoms with van der Waals surface area (Å²) in [5.41, 5.74) is 2.66. The summed E-state index contributed by atoms with van der Waals surface area (Å²) in [6.07, 6.45) is 0. The second kappa shape index (κ2) is 9.16. The summed E-state index contributed by atoms with van der Waals surface area (Å²) in [7, 11) is 0. The number of pyridine rings is 1. The molecule has 1 N–H and O–H groups in total. The van der Waals surface area contributed by atoms with Crippen molar-refractivity contribution in [3.63, 3.8) is 0 Å². The summed E-state index contributed by atoms with van der Waals surface area (Å²) in [5, 5.41) is 2.94. The zero-order chi connectivity index (χ0) is 20.1. The number of nitrogens with one attached hydrogen (secondary N) is 1. The van der Waals surface area contributed by atoms with E-state index < -0.39 is 5.97 Å². The van der Waals surface area contributed by atoms with Gasteiger partial charge in [0.2, 0.25) is 0 Å². The molecule has 1 aromatic heterocycles. The molecule has 1 aliphatic rings. The van der Waals surface area contributed by atoms with Crippen molar-refractivity contribution in [1.82, 2.24) is 4.98 Å². The van der Waals surface area contributed by atoms with Gasteiger partial charge >= 0.3 is 5.97 Å². The maximum absolute atomic E-state index is 12.8. The number of rotatable bonds is 5. The number of esters is 1. The van der Waals surface area contributed by atoms with Gasteiger partial charge in [0.1, 0.15) is 5.69 Å². The zero-order valence-corrected chi connectivity index (χ0v) is 17.4. The molecule has 0 spiro atoms. The first-order chi connectivity index (χ1) is 13.5. The average Bonchev–Trinajstić information content (AvgIpc) is 2.68. The maximum Gasteiger partial charge on any atom is 0.339 e. The van der Waals surface area contributed by atoms with Gasteiger partial charge in [-0.05, 0) is 44.2 Å². The zero-order valence-electron chi connectivity index (χ0n) is 15.8. The molecule has 0 unspecified atom stereocenters. The number of aryl methyl sites for hydroxylation is 1. The largest absolute Gasteiger partial charge is 0.462 e. The second-order valence-electron chi connectivity index (χ2n) is 6.26. The van der Waals surface area contributed by atoms with Gasteiger partial charge in [0, 0.05) is 17.6 Å². The number of ether oxygens (including phenoxy) is 2. The Bertz CT molecular complexity index is 882. The van der Waals surface area contributed by atoms with E-state index in [0.29, 0.717) is 30.2 Å². The van der Waals surface area contributed by atoms with E-state index in [1.54, 1.807) is 19.9 Å². The molecule has 0 atom stereocenters. The third-order valence-corrected chi connectivity index (χ3v) is 4.87. The number of amides is 1. The first-order valence-electron chi connectivity index (χ1n) is 9.08. The number of hydrogen-bond acceptors (Lipinski definition) is 6. The van der Waals surface area contributed by atoms with Crippen LogP contribution in [0.3, 0.4) is 0 Å². The van der Waals surface area contributed by atoms with E-state index in [0.717, 1.165) is 23.2 Å². The molecule has 1 aromatic carbocycles. The topological polar surface area (TPSA) is 80.8 Å². The van der Waals surface area contributed by atoms with Gasteiger partial charge in [0.25, 0.3) is 5.91 Å². The van der Waals surface area contributed by atoms with Gasteiger partial charge in [0.05, 0.1) is 42.5 Å². The molecular formula is C20H22BrN3O4. The number of morpholine rings is 1. The molecule has 0 radical (unpaired) electrons. The summed E-state index contributed by atoms with van der Waals surface area (Å²) in [6.45, 7) is 6.53. The van der Waals surface area contributed by atoms with Crippen LogP contribution in [-0.4, -0.2) is 49.8 Å². The predicted molar refractivity (Wildman–Crippen MR) is 110 cm³/mol. The number of carbonyl (C=O) groups excluding carboxylic acids is 2. The monoisotopic (exact) mass is 447 g/mol. The van der Waals surface area contributed by atoms with Crippen LogP contribution in [0.4, 0.5) is 11.4 Å². The molecule has 148 valence electrons. The number of carbonyl (C=O) groups is 2. The minimum Gasteiger partial charge on any atom is -0.462 e. The number of anilines is 2. The van der Waals surface area contributed by atoms with Crippen LogP contribution in [0, 0.1) is 6.92 Å². The number of hydrogen-bond donors (Lipinski definition) is 1. The molecule has 2 heterocycles. The van der Waals surface area contributed by atoms with Crippen LogP contribution in [0.2, 0.25) is 0 Å². The van der Waals surface area contributed by atoms with E-state index in [1.165, 1.54) is 6.07 Å². The molecule has 0 saturated carbocycles. The lowest BCUT2D eigenvalue weighted by Gasteiger charge is -2.30. The van der Waals surface area contributed by atoms with Crippen LogP contribution >= 0.6 is 15.9 Å². The van der Waals surface area contributed by atoms with Crippen molar-refractivity contribution in [1.29, 1.82) is 0 Å². The lowest BCUT2D eigenvalue weighted by atomic mass is 10.1. The quantitative estimate of drug-likeness (QED) is 0.707. The predicted octanol–water partition coefficient (Wildman–Crippen LogP) is 3.42. The molecule has 1 amide bonds. The highest BCUT2D eigenvalue weighted by atomic mass is 79.9. The van der Waals surface area contributed by atoms with Gasteiger partial charge < -0.3 is 19.7 Å². The van der Waals surface area contributed by atoms with Gasteiger partial charge in [-0.15, -0.1) is 0 Å². The van der Waals surface area contributed by atoms with Crippen LogP contribution in [0.5, 0.6) is 0 Å². The van der Waals surface area contributed by atoms with Gasteiger partial charge in [-0.3, -0.25) is 4.79 Å². The molecule has 3 rings (SSSR count). The number of nitrogens with zero attached hydrogens (tertiary/aromatic N) is 2. The van der Waals surface area contributed by atoms with Crippen LogP contribution in [0.1, 0.15) is 33.5 Å². The Kier molecular flexibility index (Phi) is 6.64. The summed E-state index contributed by atoms with van der Waals surface area (Å²) in [4.78, 5) is 31.1. The van der Waals surface area contributed by atoms with Gasteiger partial charge in [-0.25, -0.2) is 9.78 Å². The number of aromatic nitrogens is 1. The smallest absolute Gasteiger partial charge is 0.339 e. The first kappa shape index (κ1) is 20.3. The van der Waals surface area contributed by atoms with Gasteiger partial charge in [-0.2, -0.15) is 0 Å². The third kappa shape index (κ3) is 4.69. The molecule has 0 bridgehead atoms. The highest BCUT2D eigenvalue weighted by Gasteiger charge is 2.19. The minimum absolute atomic E-state index is 0.235. The summed E-state index contributed by atoms with van der Waals surface area (Å²) in [6, 6.07) is 8.87. The van der Waals surface area contributed by atoms with Gasteiger partial charge in [0.15, 0.2) is 0 Å². The molecular weight excluding hydrogens is 426 g/mol. The van der Waals surface area contributed by atoms with Gasteiger partial charge in [-0.1, -0.05) is 15.9 Å². The van der Waals surface area contributed by atoms with E-state index in [1.807, 2.05) is 18.2 Å². The van der Waals surface area contributed by atoms with E-state index in [4.69, 9.17) is 9.47 Å². The molecule has 7 nitrogen and oxygen atoms in total. The van der Waals surface area contributed by atoms with Crippen molar-refractivity contribution >= 4 is 39.2 Å². The SMILES string of the molecule is CCOC(=O)c1ccc(C(=O)Nc2cc(Br)ccc2N2CCOCC2)nc1C. The molecule has 0 aliphatic carbocycles. The number of benzene rings is 1.